The Morgan fingerprint density at radius 1 is 1.03 bits per heavy atom. The summed E-state index contributed by atoms with van der Waals surface area (Å²) in [6, 6.07) is 14.8. The molecule has 2 aromatic carbocycles. The van der Waals surface area contributed by atoms with Crippen molar-refractivity contribution in [2.45, 2.75) is 60.3 Å². The third-order valence-corrected chi connectivity index (χ3v) is 4.93. The van der Waals surface area contributed by atoms with E-state index in [1.54, 1.807) is 12.1 Å². The van der Waals surface area contributed by atoms with Gasteiger partial charge in [0.25, 0.3) is 0 Å². The van der Waals surface area contributed by atoms with Crippen molar-refractivity contribution in [1.82, 2.24) is 4.90 Å². The normalized spacial score (nSPS) is 12.1. The summed E-state index contributed by atoms with van der Waals surface area (Å²) in [4.78, 5) is 2.34. The van der Waals surface area contributed by atoms with Gasteiger partial charge < -0.3 is 9.47 Å². The first-order valence-corrected chi connectivity index (χ1v) is 11.6. The average Bonchev–Trinajstić information content (AvgIpc) is 2.76. The topological polar surface area (TPSA) is 21.7 Å². The van der Waals surface area contributed by atoms with Crippen LogP contribution in [0.4, 0.5) is 4.39 Å². The number of halogens is 1. The van der Waals surface area contributed by atoms with E-state index in [1.165, 1.54) is 11.6 Å². The van der Waals surface area contributed by atoms with Gasteiger partial charge in [0, 0.05) is 24.1 Å². The lowest BCUT2D eigenvalue weighted by Gasteiger charge is -2.26. The van der Waals surface area contributed by atoms with Crippen molar-refractivity contribution in [2.24, 2.45) is 5.41 Å². The van der Waals surface area contributed by atoms with Crippen LogP contribution in [0.3, 0.4) is 0 Å². The summed E-state index contributed by atoms with van der Waals surface area (Å²) in [5.74, 6) is 6.89. The van der Waals surface area contributed by atoms with E-state index in [0.29, 0.717) is 12.2 Å². The number of hydrogen-bond donors (Lipinski definition) is 0. The van der Waals surface area contributed by atoms with Crippen LogP contribution < -0.4 is 4.74 Å². The highest BCUT2D eigenvalue weighted by Crippen LogP contribution is 2.20. The van der Waals surface area contributed by atoms with Gasteiger partial charge in [-0.05, 0) is 71.0 Å². The Morgan fingerprint density at radius 2 is 1.79 bits per heavy atom. The van der Waals surface area contributed by atoms with Gasteiger partial charge in [0.05, 0.1) is 12.2 Å². The van der Waals surface area contributed by atoms with E-state index < -0.39 is 5.60 Å². The standard InChI is InChI=1S/C29H38FNO2/c1-7-31(19-12-8-11-18-28(2,3)4)21-24-14-13-16-26(20-24)32-23-29(5,6)33-22-25-15-9-10-17-27(25)30/h8-10,12-17,20H,7,19,21-23H2,1-6H3/b12-8+. The average molecular weight is 452 g/mol. The number of nitrogens with zero attached hydrogens (tertiary/aromatic N) is 1. The lowest BCUT2D eigenvalue weighted by Crippen LogP contribution is -2.32. The number of rotatable bonds is 11. The molecule has 33 heavy (non-hydrogen) atoms. The van der Waals surface area contributed by atoms with Crippen LogP contribution in [-0.4, -0.2) is 30.2 Å². The first-order valence-electron chi connectivity index (χ1n) is 11.6. The lowest BCUT2D eigenvalue weighted by molar-refractivity contribution is -0.0578. The molecule has 0 atom stereocenters. The van der Waals surface area contributed by atoms with Gasteiger partial charge in [0.1, 0.15) is 18.2 Å². The minimum absolute atomic E-state index is 0.0204. The van der Waals surface area contributed by atoms with Crippen LogP contribution in [-0.2, 0) is 17.9 Å². The maximum Gasteiger partial charge on any atom is 0.128 e. The van der Waals surface area contributed by atoms with E-state index in [4.69, 9.17) is 9.47 Å². The van der Waals surface area contributed by atoms with Gasteiger partial charge in [-0.1, -0.05) is 55.2 Å². The van der Waals surface area contributed by atoms with Crippen LogP contribution in [0, 0.1) is 23.1 Å². The van der Waals surface area contributed by atoms with Crippen molar-refractivity contribution in [1.29, 1.82) is 0 Å². The Hall–Kier alpha value is -2.61. The van der Waals surface area contributed by atoms with E-state index >= 15 is 0 Å². The molecule has 2 rings (SSSR count). The van der Waals surface area contributed by atoms with Crippen LogP contribution in [0.1, 0.15) is 52.7 Å². The Morgan fingerprint density at radius 3 is 2.48 bits per heavy atom. The van der Waals surface area contributed by atoms with Gasteiger partial charge in [-0.3, -0.25) is 4.90 Å². The maximum absolute atomic E-state index is 13.8. The van der Waals surface area contributed by atoms with Crippen molar-refractivity contribution in [3.05, 3.63) is 77.6 Å². The number of likely N-dealkylation sites (N-methyl/N-ethyl adjacent to an activating group) is 1. The fourth-order valence-corrected chi connectivity index (χ4v) is 3.00. The largest absolute Gasteiger partial charge is 0.491 e. The molecule has 0 heterocycles. The van der Waals surface area contributed by atoms with E-state index in [2.05, 4.69) is 62.6 Å². The second-order valence-corrected chi connectivity index (χ2v) is 9.83. The highest BCUT2D eigenvalue weighted by Gasteiger charge is 2.20. The molecule has 0 aliphatic rings. The molecule has 0 unspecified atom stereocenters. The van der Waals surface area contributed by atoms with Gasteiger partial charge in [0.15, 0.2) is 0 Å². The molecule has 0 aliphatic heterocycles. The molecule has 0 bridgehead atoms. The quantitative estimate of drug-likeness (QED) is 0.358. The SMILES string of the molecule is CCN(C/C=C/C#CC(C)(C)C)Cc1cccc(OCC(C)(C)OCc2ccccc2F)c1. The third kappa shape index (κ3) is 10.7. The molecule has 0 radical (unpaired) electrons. The first-order chi connectivity index (χ1) is 15.6. The third-order valence-electron chi connectivity index (χ3n) is 4.93. The van der Waals surface area contributed by atoms with E-state index in [-0.39, 0.29) is 17.8 Å². The van der Waals surface area contributed by atoms with Crippen LogP contribution >= 0.6 is 0 Å². The van der Waals surface area contributed by atoms with Crippen molar-refractivity contribution < 1.29 is 13.9 Å². The monoisotopic (exact) mass is 451 g/mol. The molecule has 0 fully saturated rings. The van der Waals surface area contributed by atoms with Crippen molar-refractivity contribution >= 4 is 0 Å². The molecule has 0 saturated carbocycles. The molecule has 178 valence electrons. The fourth-order valence-electron chi connectivity index (χ4n) is 3.00. The number of hydrogen-bond acceptors (Lipinski definition) is 3. The molecule has 0 aliphatic carbocycles. The van der Waals surface area contributed by atoms with Crippen molar-refractivity contribution in [3.63, 3.8) is 0 Å². The van der Waals surface area contributed by atoms with Gasteiger partial charge in [-0.2, -0.15) is 0 Å². The zero-order valence-corrected chi connectivity index (χ0v) is 21.0. The summed E-state index contributed by atoms with van der Waals surface area (Å²) in [6.45, 7) is 15.6. The van der Waals surface area contributed by atoms with E-state index in [9.17, 15) is 4.39 Å². The van der Waals surface area contributed by atoms with Crippen LogP contribution in [0.2, 0.25) is 0 Å². The minimum Gasteiger partial charge on any atom is -0.491 e. The Bertz CT molecular complexity index is 963. The van der Waals surface area contributed by atoms with Crippen molar-refractivity contribution in [2.75, 3.05) is 19.7 Å². The molecule has 3 nitrogen and oxygen atoms in total. The number of ether oxygens (including phenoxy) is 2. The lowest BCUT2D eigenvalue weighted by atomic mass is 9.98. The van der Waals surface area contributed by atoms with E-state index in [0.717, 1.165) is 25.4 Å². The maximum atomic E-state index is 13.8. The van der Waals surface area contributed by atoms with Gasteiger partial charge in [-0.15, -0.1) is 0 Å². The number of benzene rings is 2. The molecule has 0 saturated heterocycles. The predicted molar refractivity (Wildman–Crippen MR) is 135 cm³/mol. The summed E-state index contributed by atoms with van der Waals surface area (Å²) in [6.07, 6.45) is 4.05. The van der Waals surface area contributed by atoms with Gasteiger partial charge >= 0.3 is 0 Å². The zero-order chi connectivity index (χ0) is 24.3. The zero-order valence-electron chi connectivity index (χ0n) is 21.0. The Labute approximate surface area is 199 Å². The molecule has 2 aromatic rings. The summed E-state index contributed by atoms with van der Waals surface area (Å²) in [5, 5.41) is 0. The molecular weight excluding hydrogens is 413 g/mol. The Balaban J connectivity index is 1.87. The summed E-state index contributed by atoms with van der Waals surface area (Å²) >= 11 is 0. The Kier molecular flexibility index (Phi) is 10.2. The number of allylic oxidation sites excluding steroid dienone is 1. The fraction of sp³-hybridized carbons (Fsp3) is 0.448. The van der Waals surface area contributed by atoms with Gasteiger partial charge in [0.2, 0.25) is 0 Å². The summed E-state index contributed by atoms with van der Waals surface area (Å²) in [7, 11) is 0. The summed E-state index contributed by atoms with van der Waals surface area (Å²) in [5.41, 5.74) is 1.21. The second-order valence-electron chi connectivity index (χ2n) is 9.83. The molecule has 0 aromatic heterocycles. The second kappa shape index (κ2) is 12.6. The molecule has 0 spiro atoms. The first kappa shape index (κ1) is 26.6. The van der Waals surface area contributed by atoms with Gasteiger partial charge in [-0.25, -0.2) is 4.39 Å². The molecule has 4 heteroatoms. The smallest absolute Gasteiger partial charge is 0.128 e. The minimum atomic E-state index is -0.549. The van der Waals surface area contributed by atoms with Crippen LogP contribution in [0.15, 0.2) is 60.7 Å². The van der Waals surface area contributed by atoms with E-state index in [1.807, 2.05) is 38.1 Å². The molecule has 0 N–H and O–H groups in total. The molecule has 0 amide bonds. The summed E-state index contributed by atoms with van der Waals surface area (Å²) < 4.78 is 25.8. The highest BCUT2D eigenvalue weighted by atomic mass is 19.1. The van der Waals surface area contributed by atoms with Crippen LogP contribution in [0.25, 0.3) is 0 Å². The van der Waals surface area contributed by atoms with Crippen LogP contribution in [0.5, 0.6) is 5.75 Å². The molecular formula is C29H38FNO2. The predicted octanol–water partition coefficient (Wildman–Crippen LogP) is 6.63. The highest BCUT2D eigenvalue weighted by molar-refractivity contribution is 5.29. The van der Waals surface area contributed by atoms with Crippen molar-refractivity contribution in [3.8, 4) is 17.6 Å².